The van der Waals surface area contributed by atoms with Gasteiger partial charge in [0.05, 0.1) is 11.9 Å². The Morgan fingerprint density at radius 3 is 2.83 bits per heavy atom. The molecule has 0 aliphatic rings. The molecule has 0 amide bonds. The van der Waals surface area contributed by atoms with Gasteiger partial charge in [0.1, 0.15) is 0 Å². The summed E-state index contributed by atoms with van der Waals surface area (Å²) in [5.41, 5.74) is 1.92. The zero-order valence-corrected chi connectivity index (χ0v) is 10.00. The van der Waals surface area contributed by atoms with Gasteiger partial charge < -0.3 is 0 Å². The summed E-state index contributed by atoms with van der Waals surface area (Å²) in [6, 6.07) is 11.5. The zero-order valence-electron chi connectivity index (χ0n) is 10.00. The number of rotatable bonds is 1. The number of hydrogen-bond donors (Lipinski definition) is 0. The zero-order chi connectivity index (χ0) is 12.5. The number of aromatic nitrogens is 2. The van der Waals surface area contributed by atoms with Crippen molar-refractivity contribution in [3.8, 4) is 5.69 Å². The van der Waals surface area contributed by atoms with Crippen LogP contribution in [0.5, 0.6) is 0 Å². The molecule has 0 atom stereocenters. The molecule has 0 N–H and O–H groups in total. The van der Waals surface area contributed by atoms with Crippen LogP contribution in [0.4, 0.5) is 0 Å². The SMILES string of the molecule is Cc1ccc2c(=O)n(-c3cccnc3)ccc2c1. The van der Waals surface area contributed by atoms with E-state index in [1.807, 2.05) is 43.3 Å². The molecule has 3 heteroatoms. The second kappa shape index (κ2) is 4.11. The van der Waals surface area contributed by atoms with Crippen molar-refractivity contribution in [3.63, 3.8) is 0 Å². The molecule has 0 aliphatic carbocycles. The van der Waals surface area contributed by atoms with Gasteiger partial charge in [0.2, 0.25) is 0 Å². The van der Waals surface area contributed by atoms with Crippen LogP contribution in [0.2, 0.25) is 0 Å². The standard InChI is InChI=1S/C15H12N2O/c1-11-4-5-14-12(9-11)6-8-17(15(14)18)13-3-2-7-16-10-13/h2-10H,1H3. The summed E-state index contributed by atoms with van der Waals surface area (Å²) < 4.78 is 1.62. The lowest BCUT2D eigenvalue weighted by molar-refractivity contribution is 0.995. The van der Waals surface area contributed by atoms with Gasteiger partial charge in [-0.2, -0.15) is 0 Å². The molecule has 0 radical (unpaired) electrons. The Labute approximate surface area is 104 Å². The molecule has 0 unspecified atom stereocenters. The molecule has 0 spiro atoms. The third-order valence-corrected chi connectivity index (χ3v) is 2.98. The van der Waals surface area contributed by atoms with Crippen LogP contribution < -0.4 is 5.56 Å². The van der Waals surface area contributed by atoms with Crippen molar-refractivity contribution in [2.75, 3.05) is 0 Å². The fourth-order valence-corrected chi connectivity index (χ4v) is 2.07. The van der Waals surface area contributed by atoms with Crippen molar-refractivity contribution in [2.45, 2.75) is 6.92 Å². The molecule has 0 fully saturated rings. The number of nitrogens with zero attached hydrogens (tertiary/aromatic N) is 2. The Bertz CT molecular complexity index is 760. The number of benzene rings is 1. The lowest BCUT2D eigenvalue weighted by Gasteiger charge is -2.06. The summed E-state index contributed by atoms with van der Waals surface area (Å²) in [6.07, 6.45) is 5.17. The maximum absolute atomic E-state index is 12.4. The van der Waals surface area contributed by atoms with E-state index in [4.69, 9.17) is 0 Å². The van der Waals surface area contributed by atoms with Crippen LogP contribution in [0, 0.1) is 6.92 Å². The van der Waals surface area contributed by atoms with Crippen LogP contribution in [0.25, 0.3) is 16.5 Å². The molecule has 3 rings (SSSR count). The van der Waals surface area contributed by atoms with E-state index in [2.05, 4.69) is 4.98 Å². The molecule has 88 valence electrons. The van der Waals surface area contributed by atoms with Gasteiger partial charge in [-0.1, -0.05) is 17.7 Å². The van der Waals surface area contributed by atoms with E-state index >= 15 is 0 Å². The molecule has 0 saturated heterocycles. The van der Waals surface area contributed by atoms with Crippen LogP contribution in [0.3, 0.4) is 0 Å². The van der Waals surface area contributed by atoms with Crippen molar-refractivity contribution in [1.29, 1.82) is 0 Å². The molecule has 18 heavy (non-hydrogen) atoms. The minimum Gasteiger partial charge on any atom is -0.282 e. The van der Waals surface area contributed by atoms with Gasteiger partial charge in [-0.15, -0.1) is 0 Å². The molecular weight excluding hydrogens is 224 g/mol. The van der Waals surface area contributed by atoms with Crippen molar-refractivity contribution < 1.29 is 0 Å². The largest absolute Gasteiger partial charge is 0.282 e. The molecule has 0 bridgehead atoms. The maximum Gasteiger partial charge on any atom is 0.262 e. The van der Waals surface area contributed by atoms with Crippen molar-refractivity contribution >= 4 is 10.8 Å². The van der Waals surface area contributed by atoms with E-state index in [1.165, 1.54) is 0 Å². The van der Waals surface area contributed by atoms with Gasteiger partial charge in [-0.25, -0.2) is 0 Å². The smallest absolute Gasteiger partial charge is 0.262 e. The monoisotopic (exact) mass is 236 g/mol. The first-order valence-corrected chi connectivity index (χ1v) is 5.78. The molecular formula is C15H12N2O. The van der Waals surface area contributed by atoms with Gasteiger partial charge in [0, 0.05) is 17.8 Å². The molecule has 2 heterocycles. The first kappa shape index (κ1) is 10.7. The Balaban J connectivity index is 2.31. The average Bonchev–Trinajstić information content (AvgIpc) is 2.40. The van der Waals surface area contributed by atoms with Crippen LogP contribution in [-0.4, -0.2) is 9.55 Å². The van der Waals surface area contributed by atoms with E-state index in [9.17, 15) is 4.79 Å². The first-order chi connectivity index (χ1) is 8.75. The second-order valence-electron chi connectivity index (χ2n) is 4.29. The van der Waals surface area contributed by atoms with E-state index in [1.54, 1.807) is 23.2 Å². The van der Waals surface area contributed by atoms with E-state index in [0.29, 0.717) is 0 Å². The van der Waals surface area contributed by atoms with Crippen LogP contribution in [0.15, 0.2) is 59.8 Å². The van der Waals surface area contributed by atoms with Gasteiger partial charge >= 0.3 is 0 Å². The van der Waals surface area contributed by atoms with Gasteiger partial charge in [0.25, 0.3) is 5.56 Å². The molecule has 3 aromatic rings. The lowest BCUT2D eigenvalue weighted by Crippen LogP contribution is -2.17. The Morgan fingerprint density at radius 2 is 2.06 bits per heavy atom. The van der Waals surface area contributed by atoms with Crippen molar-refractivity contribution in [3.05, 3.63) is 70.9 Å². The van der Waals surface area contributed by atoms with E-state index < -0.39 is 0 Å². The van der Waals surface area contributed by atoms with Crippen LogP contribution >= 0.6 is 0 Å². The summed E-state index contributed by atoms with van der Waals surface area (Å²) in [6.45, 7) is 2.02. The Hall–Kier alpha value is -2.42. The number of aryl methyl sites for hydroxylation is 1. The summed E-state index contributed by atoms with van der Waals surface area (Å²) in [7, 11) is 0. The highest BCUT2D eigenvalue weighted by Gasteiger charge is 2.04. The van der Waals surface area contributed by atoms with Crippen molar-refractivity contribution in [1.82, 2.24) is 9.55 Å². The molecule has 3 nitrogen and oxygen atoms in total. The third-order valence-electron chi connectivity index (χ3n) is 2.98. The summed E-state index contributed by atoms with van der Waals surface area (Å²) in [4.78, 5) is 16.4. The van der Waals surface area contributed by atoms with Gasteiger partial charge in [-0.3, -0.25) is 14.3 Å². The van der Waals surface area contributed by atoms with Gasteiger partial charge in [0.15, 0.2) is 0 Å². The summed E-state index contributed by atoms with van der Waals surface area (Å²) in [5, 5.41) is 1.70. The molecule has 2 aromatic heterocycles. The van der Waals surface area contributed by atoms with E-state index in [0.717, 1.165) is 22.0 Å². The Morgan fingerprint density at radius 1 is 1.17 bits per heavy atom. The highest BCUT2D eigenvalue weighted by Crippen LogP contribution is 2.13. The predicted molar refractivity (Wildman–Crippen MR) is 72.1 cm³/mol. The highest BCUT2D eigenvalue weighted by molar-refractivity contribution is 5.82. The second-order valence-corrected chi connectivity index (χ2v) is 4.29. The van der Waals surface area contributed by atoms with Gasteiger partial charge in [-0.05, 0) is 36.6 Å². The minimum atomic E-state index is -0.0134. The average molecular weight is 236 g/mol. The highest BCUT2D eigenvalue weighted by atomic mass is 16.1. The molecule has 1 aromatic carbocycles. The fourth-order valence-electron chi connectivity index (χ4n) is 2.07. The fraction of sp³-hybridized carbons (Fsp3) is 0.0667. The molecule has 0 aliphatic heterocycles. The van der Waals surface area contributed by atoms with Crippen LogP contribution in [0.1, 0.15) is 5.56 Å². The Kier molecular flexibility index (Phi) is 2.45. The summed E-state index contributed by atoms with van der Waals surface area (Å²) in [5.74, 6) is 0. The summed E-state index contributed by atoms with van der Waals surface area (Å²) >= 11 is 0. The minimum absolute atomic E-state index is 0.0134. The predicted octanol–water partition coefficient (Wildman–Crippen LogP) is 2.69. The van der Waals surface area contributed by atoms with Crippen LogP contribution in [-0.2, 0) is 0 Å². The van der Waals surface area contributed by atoms with E-state index in [-0.39, 0.29) is 5.56 Å². The van der Waals surface area contributed by atoms with Crippen molar-refractivity contribution in [2.24, 2.45) is 0 Å². The molecule has 0 saturated carbocycles. The number of hydrogen-bond acceptors (Lipinski definition) is 2. The lowest BCUT2D eigenvalue weighted by atomic mass is 10.1. The topological polar surface area (TPSA) is 34.9 Å². The first-order valence-electron chi connectivity index (χ1n) is 5.78. The number of fused-ring (bicyclic) bond motifs is 1. The third kappa shape index (κ3) is 1.70. The normalized spacial score (nSPS) is 10.7. The number of pyridine rings is 2. The maximum atomic E-state index is 12.4. The quantitative estimate of drug-likeness (QED) is 0.651.